The zero-order valence-electron chi connectivity index (χ0n) is 12.5. The molecule has 6 nitrogen and oxygen atoms in total. The van der Waals surface area contributed by atoms with E-state index in [-0.39, 0.29) is 17.1 Å². The van der Waals surface area contributed by atoms with Crippen LogP contribution in [0.1, 0.15) is 16.9 Å². The highest BCUT2D eigenvalue weighted by Crippen LogP contribution is 2.36. The first-order valence-electron chi connectivity index (χ1n) is 7.42. The van der Waals surface area contributed by atoms with Gasteiger partial charge in [0.15, 0.2) is 15.0 Å². The van der Waals surface area contributed by atoms with Crippen molar-refractivity contribution in [3.05, 3.63) is 20.8 Å². The third-order valence-electron chi connectivity index (χ3n) is 4.43. The molecular formula is C14H16N2O4S3. The lowest BCUT2D eigenvalue weighted by Crippen LogP contribution is -2.24. The second-order valence-corrected chi connectivity index (χ2v) is 10.5. The van der Waals surface area contributed by atoms with E-state index in [0.717, 1.165) is 29.7 Å². The van der Waals surface area contributed by atoms with Gasteiger partial charge in [0, 0.05) is 11.9 Å². The normalized spacial score (nSPS) is 26.0. The summed E-state index contributed by atoms with van der Waals surface area (Å²) >= 11 is 2.75. The quantitative estimate of drug-likeness (QED) is 0.782. The standard InChI is InChI=1S/C14H16N2O4S3/c1-16-13(18)11-7-3-2-4-9(7)21-12(11)15-14(16)22-10-6-23(19,20)5-8(10)17/h8,10,17H,2-6H2,1H3/t8-,10-/m1/s1. The molecule has 2 aromatic heterocycles. The van der Waals surface area contributed by atoms with E-state index in [1.165, 1.54) is 21.2 Å². The Labute approximate surface area is 141 Å². The molecule has 0 amide bonds. The molecule has 1 saturated heterocycles. The smallest absolute Gasteiger partial charge is 0.262 e. The third kappa shape index (κ3) is 2.54. The second-order valence-electron chi connectivity index (χ2n) is 6.10. The molecule has 0 aromatic carbocycles. The molecule has 0 bridgehead atoms. The highest BCUT2D eigenvalue weighted by Gasteiger charge is 2.38. The molecule has 0 saturated carbocycles. The minimum Gasteiger partial charge on any atom is -0.391 e. The zero-order valence-corrected chi connectivity index (χ0v) is 14.9. The molecule has 0 radical (unpaired) electrons. The predicted molar refractivity (Wildman–Crippen MR) is 91.2 cm³/mol. The number of fused-ring (bicyclic) bond motifs is 3. The molecule has 23 heavy (non-hydrogen) atoms. The number of sulfone groups is 1. The molecule has 3 heterocycles. The van der Waals surface area contributed by atoms with E-state index in [9.17, 15) is 18.3 Å². The SMILES string of the molecule is Cn1c(S[C@@H]2CS(=O)(=O)C[C@H]2O)nc2sc3c(c2c1=O)CCC3. The largest absolute Gasteiger partial charge is 0.391 e. The van der Waals surface area contributed by atoms with Gasteiger partial charge in [-0.15, -0.1) is 11.3 Å². The minimum atomic E-state index is -3.21. The highest BCUT2D eigenvalue weighted by molar-refractivity contribution is 8.01. The Kier molecular flexibility index (Phi) is 3.60. The molecular weight excluding hydrogens is 356 g/mol. The summed E-state index contributed by atoms with van der Waals surface area (Å²) in [4.78, 5) is 19.2. The first-order valence-corrected chi connectivity index (χ1v) is 10.9. The molecule has 0 spiro atoms. The number of hydrogen-bond acceptors (Lipinski definition) is 7. The van der Waals surface area contributed by atoms with Gasteiger partial charge in [-0.3, -0.25) is 9.36 Å². The van der Waals surface area contributed by atoms with Crippen LogP contribution >= 0.6 is 23.1 Å². The second kappa shape index (κ2) is 5.30. The number of aromatic nitrogens is 2. The lowest BCUT2D eigenvalue weighted by molar-refractivity contribution is 0.207. The maximum Gasteiger partial charge on any atom is 0.262 e. The third-order valence-corrected chi connectivity index (χ3v) is 8.91. The lowest BCUT2D eigenvalue weighted by atomic mass is 10.2. The average molecular weight is 372 g/mol. The van der Waals surface area contributed by atoms with Crippen LogP contribution in [-0.4, -0.2) is 45.9 Å². The van der Waals surface area contributed by atoms with Crippen molar-refractivity contribution >= 4 is 43.2 Å². The number of aliphatic hydroxyl groups excluding tert-OH is 1. The van der Waals surface area contributed by atoms with Crippen molar-refractivity contribution in [3.8, 4) is 0 Å². The summed E-state index contributed by atoms with van der Waals surface area (Å²) < 4.78 is 24.8. The van der Waals surface area contributed by atoms with Crippen LogP contribution in [0.2, 0.25) is 0 Å². The van der Waals surface area contributed by atoms with Crippen LogP contribution in [-0.2, 0) is 29.7 Å². The first-order chi connectivity index (χ1) is 10.9. The van der Waals surface area contributed by atoms with Gasteiger partial charge in [-0.1, -0.05) is 11.8 Å². The number of thioether (sulfide) groups is 1. The van der Waals surface area contributed by atoms with Gasteiger partial charge in [-0.25, -0.2) is 13.4 Å². The van der Waals surface area contributed by atoms with Crippen LogP contribution in [0.25, 0.3) is 10.2 Å². The topological polar surface area (TPSA) is 89.3 Å². The molecule has 1 N–H and O–H groups in total. The molecule has 4 rings (SSSR count). The van der Waals surface area contributed by atoms with Crippen molar-refractivity contribution in [1.29, 1.82) is 0 Å². The summed E-state index contributed by atoms with van der Waals surface area (Å²) in [6.07, 6.45) is 2.11. The Hall–Kier alpha value is -0.900. The van der Waals surface area contributed by atoms with E-state index in [4.69, 9.17) is 0 Å². The number of aryl methyl sites for hydroxylation is 2. The molecule has 1 fully saturated rings. The van der Waals surface area contributed by atoms with Crippen LogP contribution in [0.5, 0.6) is 0 Å². The number of hydrogen-bond donors (Lipinski definition) is 1. The summed E-state index contributed by atoms with van der Waals surface area (Å²) in [5, 5.41) is 10.7. The number of thiophene rings is 1. The van der Waals surface area contributed by atoms with Gasteiger partial charge in [-0.2, -0.15) is 0 Å². The molecule has 2 aromatic rings. The van der Waals surface area contributed by atoms with E-state index < -0.39 is 21.2 Å². The van der Waals surface area contributed by atoms with Gasteiger partial charge in [-0.05, 0) is 24.8 Å². The van der Waals surface area contributed by atoms with E-state index >= 15 is 0 Å². The maximum atomic E-state index is 12.7. The van der Waals surface area contributed by atoms with Crippen LogP contribution in [0.3, 0.4) is 0 Å². The van der Waals surface area contributed by atoms with Gasteiger partial charge in [0.1, 0.15) is 4.83 Å². The monoisotopic (exact) mass is 372 g/mol. The number of nitrogens with zero attached hydrogens (tertiary/aromatic N) is 2. The maximum absolute atomic E-state index is 12.7. The van der Waals surface area contributed by atoms with E-state index in [1.807, 2.05) is 0 Å². The predicted octanol–water partition coefficient (Wildman–Crippen LogP) is 0.734. The van der Waals surface area contributed by atoms with Crippen molar-refractivity contribution < 1.29 is 13.5 Å². The number of rotatable bonds is 2. The van der Waals surface area contributed by atoms with Gasteiger partial charge in [0.25, 0.3) is 5.56 Å². The molecule has 9 heteroatoms. The molecule has 1 aliphatic heterocycles. The van der Waals surface area contributed by atoms with Crippen molar-refractivity contribution in [3.63, 3.8) is 0 Å². The van der Waals surface area contributed by atoms with Gasteiger partial charge >= 0.3 is 0 Å². The van der Waals surface area contributed by atoms with Gasteiger partial charge in [0.2, 0.25) is 0 Å². The Morgan fingerprint density at radius 2 is 2.13 bits per heavy atom. The molecule has 0 unspecified atom stereocenters. The molecule has 2 atom stereocenters. The number of aliphatic hydroxyl groups is 1. The van der Waals surface area contributed by atoms with E-state index in [1.54, 1.807) is 18.4 Å². The van der Waals surface area contributed by atoms with Crippen molar-refractivity contribution in [2.24, 2.45) is 7.05 Å². The Balaban J connectivity index is 1.77. The fourth-order valence-corrected chi connectivity index (χ4v) is 8.10. The van der Waals surface area contributed by atoms with Crippen molar-refractivity contribution in [2.45, 2.75) is 35.8 Å². The molecule has 2 aliphatic rings. The van der Waals surface area contributed by atoms with Gasteiger partial charge in [0.05, 0.1) is 28.2 Å². The lowest BCUT2D eigenvalue weighted by Gasteiger charge is -2.13. The van der Waals surface area contributed by atoms with Crippen LogP contribution in [0.4, 0.5) is 0 Å². The fourth-order valence-electron chi connectivity index (χ4n) is 3.26. The average Bonchev–Trinajstić information content (AvgIpc) is 3.08. The van der Waals surface area contributed by atoms with Crippen molar-refractivity contribution in [1.82, 2.24) is 9.55 Å². The summed E-state index contributed by atoms with van der Waals surface area (Å²) in [6, 6.07) is 0. The Bertz CT molecular complexity index is 961. The van der Waals surface area contributed by atoms with E-state index in [0.29, 0.717) is 10.5 Å². The first kappa shape index (κ1) is 15.6. The fraction of sp³-hybridized carbons (Fsp3) is 0.571. The summed E-state index contributed by atoms with van der Waals surface area (Å²) in [5.41, 5.74) is 1.06. The summed E-state index contributed by atoms with van der Waals surface area (Å²) in [5.74, 6) is -0.290. The van der Waals surface area contributed by atoms with E-state index in [2.05, 4.69) is 4.98 Å². The minimum absolute atomic E-state index is 0.0757. The Morgan fingerprint density at radius 1 is 1.35 bits per heavy atom. The van der Waals surface area contributed by atoms with Crippen LogP contribution in [0.15, 0.2) is 9.95 Å². The van der Waals surface area contributed by atoms with Crippen molar-refractivity contribution in [2.75, 3.05) is 11.5 Å². The molecule has 1 aliphatic carbocycles. The highest BCUT2D eigenvalue weighted by atomic mass is 32.2. The van der Waals surface area contributed by atoms with Crippen LogP contribution < -0.4 is 5.56 Å². The zero-order chi connectivity index (χ0) is 16.4. The summed E-state index contributed by atoms with van der Waals surface area (Å²) in [6.45, 7) is 0. The Morgan fingerprint density at radius 3 is 2.83 bits per heavy atom. The van der Waals surface area contributed by atoms with Crippen LogP contribution in [0, 0.1) is 0 Å². The van der Waals surface area contributed by atoms with Gasteiger partial charge < -0.3 is 5.11 Å². The summed E-state index contributed by atoms with van der Waals surface area (Å²) in [7, 11) is -1.55. The molecule has 124 valence electrons.